The van der Waals surface area contributed by atoms with Crippen molar-refractivity contribution in [3.63, 3.8) is 0 Å². The van der Waals surface area contributed by atoms with E-state index in [2.05, 4.69) is 4.72 Å². The fraction of sp³-hybridized carbons (Fsp3) is 0.222. The molecule has 0 saturated heterocycles. The number of benzene rings is 2. The number of hydrogen-bond donors (Lipinski definition) is 3. The van der Waals surface area contributed by atoms with Crippen LogP contribution >= 0.6 is 0 Å². The van der Waals surface area contributed by atoms with Gasteiger partial charge in [-0.25, -0.2) is 8.42 Å². The molecule has 27 heavy (non-hydrogen) atoms. The average molecular weight is 393 g/mol. The van der Waals surface area contributed by atoms with Gasteiger partial charge in [0, 0.05) is 6.42 Å². The maximum absolute atomic E-state index is 12.7. The predicted molar refractivity (Wildman–Crippen MR) is 96.1 cm³/mol. The standard InChI is InChI=1S/C18H19NO7S/c1-26-14-7-9-15(10-8-14)27(24,25)19-18(17(22)23,12-16(20)21)11-13-5-3-2-4-6-13/h2-10,19H,11-12H2,1H3,(H,20,21)(H,22,23)/t18-/m1/s1. The first-order chi connectivity index (χ1) is 12.7. The highest BCUT2D eigenvalue weighted by Crippen LogP contribution is 2.23. The van der Waals surface area contributed by atoms with E-state index in [0.717, 1.165) is 0 Å². The molecule has 0 aliphatic heterocycles. The summed E-state index contributed by atoms with van der Waals surface area (Å²) in [6.45, 7) is 0. The van der Waals surface area contributed by atoms with E-state index < -0.39 is 33.9 Å². The van der Waals surface area contributed by atoms with Crippen LogP contribution in [0.1, 0.15) is 12.0 Å². The van der Waals surface area contributed by atoms with Crippen molar-refractivity contribution in [3.05, 3.63) is 60.2 Å². The molecule has 0 aromatic heterocycles. The van der Waals surface area contributed by atoms with Gasteiger partial charge in [-0.1, -0.05) is 30.3 Å². The number of rotatable bonds is 9. The second-order valence-electron chi connectivity index (χ2n) is 5.90. The normalized spacial score (nSPS) is 13.5. The molecule has 2 rings (SSSR count). The van der Waals surface area contributed by atoms with E-state index in [-0.39, 0.29) is 11.3 Å². The van der Waals surface area contributed by atoms with Crippen LogP contribution in [0.2, 0.25) is 0 Å². The van der Waals surface area contributed by atoms with Gasteiger partial charge in [-0.15, -0.1) is 0 Å². The van der Waals surface area contributed by atoms with Gasteiger partial charge < -0.3 is 14.9 Å². The van der Waals surface area contributed by atoms with Crippen molar-refractivity contribution < 1.29 is 33.0 Å². The van der Waals surface area contributed by atoms with Gasteiger partial charge in [0.2, 0.25) is 10.0 Å². The molecule has 0 aliphatic carbocycles. The van der Waals surface area contributed by atoms with Gasteiger partial charge in [-0.05, 0) is 29.8 Å². The molecule has 9 heteroatoms. The van der Waals surface area contributed by atoms with Gasteiger partial charge in [-0.3, -0.25) is 9.59 Å². The third-order valence-electron chi connectivity index (χ3n) is 3.91. The summed E-state index contributed by atoms with van der Waals surface area (Å²) in [5, 5.41) is 18.9. The van der Waals surface area contributed by atoms with Crippen LogP contribution in [0.3, 0.4) is 0 Å². The smallest absolute Gasteiger partial charge is 0.325 e. The monoisotopic (exact) mass is 393 g/mol. The lowest BCUT2D eigenvalue weighted by Crippen LogP contribution is -2.57. The van der Waals surface area contributed by atoms with Crippen LogP contribution < -0.4 is 9.46 Å². The van der Waals surface area contributed by atoms with Crippen molar-refractivity contribution in [2.75, 3.05) is 7.11 Å². The van der Waals surface area contributed by atoms with Crippen LogP contribution in [0.25, 0.3) is 0 Å². The highest BCUT2D eigenvalue weighted by atomic mass is 32.2. The quantitative estimate of drug-likeness (QED) is 0.589. The van der Waals surface area contributed by atoms with E-state index in [4.69, 9.17) is 4.74 Å². The fourth-order valence-corrected chi connectivity index (χ4v) is 3.96. The number of sulfonamides is 1. The van der Waals surface area contributed by atoms with Gasteiger partial charge in [0.15, 0.2) is 0 Å². The Balaban J connectivity index is 2.45. The van der Waals surface area contributed by atoms with E-state index in [1.165, 1.54) is 31.4 Å². The molecule has 0 spiro atoms. The van der Waals surface area contributed by atoms with Crippen molar-refractivity contribution in [2.24, 2.45) is 0 Å². The average Bonchev–Trinajstić information content (AvgIpc) is 2.61. The van der Waals surface area contributed by atoms with E-state index in [1.54, 1.807) is 30.3 Å². The molecule has 0 heterocycles. The molecule has 144 valence electrons. The lowest BCUT2D eigenvalue weighted by molar-refractivity contribution is -0.150. The summed E-state index contributed by atoms with van der Waals surface area (Å²) in [7, 11) is -2.88. The maximum Gasteiger partial charge on any atom is 0.325 e. The Kier molecular flexibility index (Phi) is 6.19. The molecule has 2 aromatic carbocycles. The highest BCUT2D eigenvalue weighted by molar-refractivity contribution is 7.89. The molecular formula is C18H19NO7S. The number of carboxylic acids is 2. The molecule has 0 amide bonds. The topological polar surface area (TPSA) is 130 Å². The minimum absolute atomic E-state index is 0.202. The highest BCUT2D eigenvalue weighted by Gasteiger charge is 2.44. The first-order valence-corrected chi connectivity index (χ1v) is 9.34. The van der Waals surface area contributed by atoms with Crippen LogP contribution in [0, 0.1) is 0 Å². The van der Waals surface area contributed by atoms with E-state index in [0.29, 0.717) is 11.3 Å². The number of carboxylic acid groups (broad SMARTS) is 2. The van der Waals surface area contributed by atoms with Crippen molar-refractivity contribution in [1.29, 1.82) is 0 Å². The van der Waals surface area contributed by atoms with Crippen molar-refractivity contribution >= 4 is 22.0 Å². The number of carbonyl (C=O) groups is 2. The minimum Gasteiger partial charge on any atom is -0.497 e. The first kappa shape index (κ1) is 20.4. The van der Waals surface area contributed by atoms with E-state index in [9.17, 15) is 28.2 Å². The second kappa shape index (κ2) is 8.19. The van der Waals surface area contributed by atoms with Crippen LogP contribution in [-0.2, 0) is 26.0 Å². The summed E-state index contributed by atoms with van der Waals surface area (Å²) in [5.74, 6) is -2.59. The molecule has 3 N–H and O–H groups in total. The zero-order valence-electron chi connectivity index (χ0n) is 14.5. The van der Waals surface area contributed by atoms with Crippen LogP contribution in [0.5, 0.6) is 5.75 Å². The summed E-state index contributed by atoms with van der Waals surface area (Å²) in [6.07, 6.45) is -1.25. The van der Waals surface area contributed by atoms with Crippen LogP contribution in [-0.4, -0.2) is 43.2 Å². The Morgan fingerprint density at radius 1 is 1.04 bits per heavy atom. The molecule has 0 bridgehead atoms. The zero-order chi connectivity index (χ0) is 20.1. The predicted octanol–water partition coefficient (Wildman–Crippen LogP) is 1.51. The van der Waals surface area contributed by atoms with Crippen molar-refractivity contribution in [2.45, 2.75) is 23.3 Å². The van der Waals surface area contributed by atoms with Gasteiger partial charge in [-0.2, -0.15) is 4.72 Å². The zero-order valence-corrected chi connectivity index (χ0v) is 15.3. The summed E-state index contributed by atoms with van der Waals surface area (Å²) in [5.41, 5.74) is -1.76. The summed E-state index contributed by atoms with van der Waals surface area (Å²) >= 11 is 0. The third kappa shape index (κ3) is 5.05. The Labute approximate surface area is 156 Å². The molecule has 0 saturated carbocycles. The lowest BCUT2D eigenvalue weighted by Gasteiger charge is -2.29. The molecule has 0 aliphatic rings. The van der Waals surface area contributed by atoms with Gasteiger partial charge >= 0.3 is 11.9 Å². The fourth-order valence-electron chi connectivity index (χ4n) is 2.60. The number of aliphatic carboxylic acids is 2. The minimum atomic E-state index is -4.30. The molecular weight excluding hydrogens is 374 g/mol. The molecule has 2 aromatic rings. The summed E-state index contributed by atoms with van der Waals surface area (Å²) in [4.78, 5) is 23.1. The number of methoxy groups -OCH3 is 1. The Morgan fingerprint density at radius 3 is 2.11 bits per heavy atom. The molecule has 8 nitrogen and oxygen atoms in total. The van der Waals surface area contributed by atoms with Crippen LogP contribution in [0.15, 0.2) is 59.5 Å². The van der Waals surface area contributed by atoms with E-state index in [1.807, 2.05) is 0 Å². The Bertz CT molecular complexity index is 910. The van der Waals surface area contributed by atoms with Gasteiger partial charge in [0.05, 0.1) is 18.4 Å². The third-order valence-corrected chi connectivity index (χ3v) is 5.46. The van der Waals surface area contributed by atoms with E-state index >= 15 is 0 Å². The first-order valence-electron chi connectivity index (χ1n) is 7.86. The molecule has 1 atom stereocenters. The summed E-state index contributed by atoms with van der Waals surface area (Å²) < 4.78 is 32.5. The van der Waals surface area contributed by atoms with Crippen molar-refractivity contribution in [1.82, 2.24) is 4.72 Å². The van der Waals surface area contributed by atoms with Crippen molar-refractivity contribution in [3.8, 4) is 5.75 Å². The number of nitrogens with one attached hydrogen (secondary N) is 1. The maximum atomic E-state index is 12.7. The van der Waals surface area contributed by atoms with Gasteiger partial charge in [0.25, 0.3) is 0 Å². The number of hydrogen-bond acceptors (Lipinski definition) is 5. The molecule has 0 unspecified atom stereocenters. The molecule has 0 radical (unpaired) electrons. The number of ether oxygens (including phenoxy) is 1. The van der Waals surface area contributed by atoms with Gasteiger partial charge in [0.1, 0.15) is 11.3 Å². The second-order valence-corrected chi connectivity index (χ2v) is 7.58. The SMILES string of the molecule is COc1ccc(S(=O)(=O)N[C@@](CC(=O)O)(Cc2ccccc2)C(=O)O)cc1. The summed E-state index contributed by atoms with van der Waals surface area (Å²) in [6, 6.07) is 13.5. The Morgan fingerprint density at radius 2 is 1.63 bits per heavy atom. The van der Waals surface area contributed by atoms with Crippen LogP contribution in [0.4, 0.5) is 0 Å². The lowest BCUT2D eigenvalue weighted by atomic mass is 9.88. The largest absolute Gasteiger partial charge is 0.497 e. The Hall–Kier alpha value is -2.91. The molecule has 0 fully saturated rings.